The Morgan fingerprint density at radius 2 is 1.97 bits per heavy atom. The Bertz CT molecular complexity index is 948. The molecule has 0 unspecified atom stereocenters. The fourth-order valence-electron chi connectivity index (χ4n) is 4.85. The average Bonchev–Trinajstić information content (AvgIpc) is 3.51. The van der Waals surface area contributed by atoms with Crippen LogP contribution in [0, 0.1) is 5.92 Å². The van der Waals surface area contributed by atoms with Crippen LogP contribution in [0.4, 0.5) is 0 Å². The molecule has 3 aliphatic rings. The van der Waals surface area contributed by atoms with Crippen molar-refractivity contribution in [3.8, 4) is 0 Å². The number of carbonyl (C=O) groups excluding carboxylic acids is 1. The van der Waals surface area contributed by atoms with Gasteiger partial charge in [-0.05, 0) is 57.3 Å². The van der Waals surface area contributed by atoms with Gasteiger partial charge in [0.1, 0.15) is 5.76 Å². The molecule has 2 fully saturated rings. The molecule has 1 aliphatic heterocycles. The first-order valence-corrected chi connectivity index (χ1v) is 13.6. The third kappa shape index (κ3) is 6.23. The molecular formula is C23H36N4O5S. The Labute approximate surface area is 196 Å². The number of hydrogen-bond acceptors (Lipinski definition) is 7. The maximum Gasteiger partial charge on any atom is 0.273 e. The molecule has 10 heteroatoms. The summed E-state index contributed by atoms with van der Waals surface area (Å²) >= 11 is 0. The number of carbonyl (C=O) groups is 1. The predicted octanol–water partition coefficient (Wildman–Crippen LogP) is 2.12. The van der Waals surface area contributed by atoms with Gasteiger partial charge in [-0.15, -0.1) is 0 Å². The molecule has 1 aromatic heterocycles. The third-order valence-corrected chi connectivity index (χ3v) is 8.91. The highest BCUT2D eigenvalue weighted by atomic mass is 32.2. The van der Waals surface area contributed by atoms with E-state index in [0.717, 1.165) is 37.9 Å². The summed E-state index contributed by atoms with van der Waals surface area (Å²) in [5.41, 5.74) is 0.322. The highest BCUT2D eigenvalue weighted by Crippen LogP contribution is 2.40. The largest absolute Gasteiger partial charge is 0.395 e. The van der Waals surface area contributed by atoms with Crippen LogP contribution in [0.2, 0.25) is 0 Å². The van der Waals surface area contributed by atoms with Gasteiger partial charge >= 0.3 is 0 Å². The fraction of sp³-hybridized carbons (Fsp3) is 0.739. The topological polar surface area (TPSA) is 125 Å². The van der Waals surface area contributed by atoms with Gasteiger partial charge in [0.15, 0.2) is 5.69 Å². The first kappa shape index (κ1) is 24.4. The number of nitrogens with one attached hydrogen (secondary N) is 2. The van der Waals surface area contributed by atoms with Crippen molar-refractivity contribution >= 4 is 15.9 Å². The minimum absolute atomic E-state index is 0.0255. The fourth-order valence-corrected chi connectivity index (χ4v) is 6.70. The van der Waals surface area contributed by atoms with Crippen molar-refractivity contribution in [2.45, 2.75) is 76.3 Å². The monoisotopic (exact) mass is 480 g/mol. The minimum atomic E-state index is -3.48. The second-order valence-electron chi connectivity index (χ2n) is 9.71. The molecule has 0 aromatic carbocycles. The van der Waals surface area contributed by atoms with Gasteiger partial charge in [-0.3, -0.25) is 4.79 Å². The van der Waals surface area contributed by atoms with Gasteiger partial charge in [-0.25, -0.2) is 8.42 Å². The second kappa shape index (κ2) is 10.7. The summed E-state index contributed by atoms with van der Waals surface area (Å²) in [6.45, 7) is 3.66. The van der Waals surface area contributed by atoms with E-state index in [2.05, 4.69) is 15.8 Å². The molecule has 2 heterocycles. The van der Waals surface area contributed by atoms with Gasteiger partial charge in [0, 0.05) is 43.7 Å². The highest BCUT2D eigenvalue weighted by molar-refractivity contribution is 7.93. The second-order valence-corrected chi connectivity index (χ2v) is 11.7. The zero-order valence-corrected chi connectivity index (χ0v) is 20.1. The summed E-state index contributed by atoms with van der Waals surface area (Å²) in [6.07, 6.45) is 8.02. The number of aliphatic hydroxyl groups is 1. The predicted molar refractivity (Wildman–Crippen MR) is 124 cm³/mol. The average molecular weight is 481 g/mol. The normalized spacial score (nSPS) is 27.4. The molecule has 33 heavy (non-hydrogen) atoms. The lowest BCUT2D eigenvalue weighted by molar-refractivity contribution is 0.0920. The standard InChI is InChI=1S/C23H36N4O5S/c1-16-13-19(25-23(29)21-15-22(32-26-21)17-5-6-17)3-2-4-20(14-16)33(30,31)27-10-7-18(8-11-27)24-9-12-28/h4,15-19,24,28H,2-3,5-14H2,1H3,(H,25,29)/b20-4-/t16-,19+/m0/s1. The molecule has 1 aromatic rings. The Balaban J connectivity index is 1.33. The molecule has 1 saturated carbocycles. The maximum atomic E-state index is 13.3. The zero-order valence-electron chi connectivity index (χ0n) is 19.3. The quantitative estimate of drug-likeness (QED) is 0.520. The van der Waals surface area contributed by atoms with E-state index in [1.165, 1.54) is 0 Å². The van der Waals surface area contributed by atoms with E-state index in [1.54, 1.807) is 10.4 Å². The summed E-state index contributed by atoms with van der Waals surface area (Å²) < 4.78 is 33.5. The van der Waals surface area contributed by atoms with Crippen LogP contribution in [-0.2, 0) is 10.0 Å². The van der Waals surface area contributed by atoms with E-state index in [0.29, 0.717) is 55.4 Å². The van der Waals surface area contributed by atoms with Crippen molar-refractivity contribution in [3.05, 3.63) is 28.5 Å². The number of rotatable bonds is 8. The molecular weight excluding hydrogens is 444 g/mol. The van der Waals surface area contributed by atoms with Gasteiger partial charge in [-0.2, -0.15) is 4.31 Å². The Morgan fingerprint density at radius 1 is 1.21 bits per heavy atom. The molecule has 9 nitrogen and oxygen atoms in total. The molecule has 0 bridgehead atoms. The molecule has 0 radical (unpaired) electrons. The minimum Gasteiger partial charge on any atom is -0.395 e. The van der Waals surface area contributed by atoms with Crippen LogP contribution >= 0.6 is 0 Å². The number of sulfonamides is 1. The first-order chi connectivity index (χ1) is 15.9. The van der Waals surface area contributed by atoms with Crippen LogP contribution in [0.5, 0.6) is 0 Å². The number of hydrogen-bond donors (Lipinski definition) is 3. The zero-order chi connectivity index (χ0) is 23.4. The van der Waals surface area contributed by atoms with Crippen LogP contribution in [0.1, 0.15) is 80.5 Å². The molecule has 3 N–H and O–H groups in total. The first-order valence-electron chi connectivity index (χ1n) is 12.2. The summed E-state index contributed by atoms with van der Waals surface area (Å²) in [7, 11) is -3.48. The van der Waals surface area contributed by atoms with E-state index in [-0.39, 0.29) is 30.5 Å². The summed E-state index contributed by atoms with van der Waals surface area (Å²) in [5, 5.41) is 19.2. The van der Waals surface area contributed by atoms with E-state index >= 15 is 0 Å². The summed E-state index contributed by atoms with van der Waals surface area (Å²) in [5.74, 6) is 1.10. The van der Waals surface area contributed by atoms with E-state index in [4.69, 9.17) is 9.63 Å². The highest BCUT2D eigenvalue weighted by Gasteiger charge is 2.33. The lowest BCUT2D eigenvalue weighted by Crippen LogP contribution is -2.46. The molecule has 0 spiro atoms. The van der Waals surface area contributed by atoms with Crippen molar-refractivity contribution in [2.75, 3.05) is 26.2 Å². The lowest BCUT2D eigenvalue weighted by Gasteiger charge is -2.33. The van der Waals surface area contributed by atoms with E-state index in [1.807, 2.05) is 13.0 Å². The Kier molecular flexibility index (Phi) is 7.88. The molecule has 4 rings (SSSR count). The van der Waals surface area contributed by atoms with Crippen molar-refractivity contribution in [1.29, 1.82) is 0 Å². The van der Waals surface area contributed by atoms with Crippen molar-refractivity contribution in [1.82, 2.24) is 20.1 Å². The van der Waals surface area contributed by atoms with Gasteiger partial charge in [-0.1, -0.05) is 18.2 Å². The van der Waals surface area contributed by atoms with Gasteiger partial charge in [0.05, 0.1) is 11.5 Å². The molecule has 2 atom stereocenters. The molecule has 1 saturated heterocycles. The van der Waals surface area contributed by atoms with Crippen LogP contribution in [0.3, 0.4) is 0 Å². The number of allylic oxidation sites excluding steroid dienone is 2. The van der Waals surface area contributed by atoms with Crippen LogP contribution in [0.25, 0.3) is 0 Å². The van der Waals surface area contributed by atoms with Crippen LogP contribution in [0.15, 0.2) is 21.6 Å². The summed E-state index contributed by atoms with van der Waals surface area (Å²) in [6, 6.07) is 1.97. The van der Waals surface area contributed by atoms with E-state index in [9.17, 15) is 13.2 Å². The number of aromatic nitrogens is 1. The van der Waals surface area contributed by atoms with Crippen LogP contribution < -0.4 is 10.6 Å². The number of amides is 1. The third-order valence-electron chi connectivity index (χ3n) is 6.87. The lowest BCUT2D eigenvalue weighted by atomic mass is 9.92. The van der Waals surface area contributed by atoms with Gasteiger partial charge in [0.2, 0.25) is 10.0 Å². The van der Waals surface area contributed by atoms with Crippen molar-refractivity contribution < 1.29 is 22.8 Å². The van der Waals surface area contributed by atoms with Crippen molar-refractivity contribution in [2.24, 2.45) is 5.92 Å². The SMILES string of the molecule is C[C@@H]1C/C(S(=O)(=O)N2CCC(NCCO)CC2)=C/CC[C@@H](NC(=O)c2cc(C3CC3)on2)C1. The summed E-state index contributed by atoms with van der Waals surface area (Å²) in [4.78, 5) is 13.1. The Morgan fingerprint density at radius 3 is 2.67 bits per heavy atom. The molecule has 184 valence electrons. The molecule has 2 aliphatic carbocycles. The van der Waals surface area contributed by atoms with Gasteiger partial charge in [0.25, 0.3) is 5.91 Å². The van der Waals surface area contributed by atoms with Crippen LogP contribution in [-0.4, -0.2) is 67.2 Å². The number of nitrogens with zero attached hydrogens (tertiary/aromatic N) is 2. The smallest absolute Gasteiger partial charge is 0.273 e. The maximum absolute atomic E-state index is 13.3. The number of aliphatic hydroxyl groups excluding tert-OH is 1. The number of piperidine rings is 1. The Hall–Kier alpha value is -1.75. The van der Waals surface area contributed by atoms with Gasteiger partial charge < -0.3 is 20.3 Å². The van der Waals surface area contributed by atoms with Crippen molar-refractivity contribution in [3.63, 3.8) is 0 Å². The van der Waals surface area contributed by atoms with E-state index < -0.39 is 10.0 Å². The molecule has 1 amide bonds.